The molecule has 0 radical (unpaired) electrons. The Bertz CT molecular complexity index is 403. The molecule has 1 heterocycles. The maximum atomic E-state index is 6.08. The Morgan fingerprint density at radius 2 is 2.16 bits per heavy atom. The Morgan fingerprint density at radius 1 is 1.32 bits per heavy atom. The quantitative estimate of drug-likeness (QED) is 0.855. The van der Waals surface area contributed by atoms with E-state index in [1.54, 1.807) is 0 Å². The van der Waals surface area contributed by atoms with E-state index in [1.807, 2.05) is 12.1 Å². The van der Waals surface area contributed by atoms with Gasteiger partial charge in [0.2, 0.25) is 0 Å². The lowest BCUT2D eigenvalue weighted by Gasteiger charge is -2.25. The topological polar surface area (TPSA) is 15.3 Å². The molecule has 1 unspecified atom stereocenters. The van der Waals surface area contributed by atoms with Crippen LogP contribution in [0, 0.1) is 0 Å². The highest BCUT2D eigenvalue weighted by atomic mass is 35.5. The van der Waals surface area contributed by atoms with Crippen LogP contribution in [0.5, 0.6) is 0 Å². The van der Waals surface area contributed by atoms with E-state index in [1.165, 1.54) is 24.8 Å². The Hall–Kier alpha value is -0.280. The van der Waals surface area contributed by atoms with E-state index in [0.29, 0.717) is 16.1 Å². The van der Waals surface area contributed by atoms with Crippen molar-refractivity contribution in [2.75, 3.05) is 19.6 Å². The van der Waals surface area contributed by atoms with Crippen LogP contribution in [0.25, 0.3) is 0 Å². The minimum absolute atomic E-state index is 0.630. The highest BCUT2D eigenvalue weighted by Gasteiger charge is 2.17. The predicted octanol–water partition coefficient (Wildman–Crippen LogP) is 3.96. The van der Waals surface area contributed by atoms with Gasteiger partial charge in [-0.2, -0.15) is 0 Å². The average Bonchev–Trinajstić information content (AvgIpc) is 2.87. The minimum Gasteiger partial charge on any atom is -0.313 e. The molecule has 4 heteroatoms. The molecular formula is C15H22Cl2N2. The lowest BCUT2D eigenvalue weighted by atomic mass is 10.1. The van der Waals surface area contributed by atoms with Gasteiger partial charge in [0.1, 0.15) is 0 Å². The fourth-order valence-electron chi connectivity index (χ4n) is 2.67. The second-order valence-electron chi connectivity index (χ2n) is 5.28. The third kappa shape index (κ3) is 4.64. The van der Waals surface area contributed by atoms with E-state index in [0.717, 1.165) is 26.2 Å². The van der Waals surface area contributed by atoms with Gasteiger partial charge in [-0.15, -0.1) is 0 Å². The van der Waals surface area contributed by atoms with Gasteiger partial charge in [0, 0.05) is 19.1 Å². The normalized spacial score (nSPS) is 19.3. The Labute approximate surface area is 126 Å². The van der Waals surface area contributed by atoms with E-state index < -0.39 is 0 Å². The molecule has 2 rings (SSSR count). The molecule has 0 aromatic heterocycles. The molecule has 1 aliphatic heterocycles. The Morgan fingerprint density at radius 3 is 2.79 bits per heavy atom. The van der Waals surface area contributed by atoms with Crippen LogP contribution < -0.4 is 5.32 Å². The molecule has 106 valence electrons. The molecule has 1 aliphatic rings. The van der Waals surface area contributed by atoms with Crippen LogP contribution in [0.4, 0.5) is 0 Å². The number of nitrogens with zero attached hydrogens (tertiary/aromatic N) is 1. The number of rotatable bonds is 6. The van der Waals surface area contributed by atoms with E-state index in [9.17, 15) is 0 Å². The monoisotopic (exact) mass is 300 g/mol. The molecule has 0 aliphatic carbocycles. The lowest BCUT2D eigenvalue weighted by molar-refractivity contribution is 0.241. The summed E-state index contributed by atoms with van der Waals surface area (Å²) in [6.07, 6.45) is 3.77. The molecule has 19 heavy (non-hydrogen) atoms. The van der Waals surface area contributed by atoms with Crippen molar-refractivity contribution >= 4 is 23.2 Å². The summed E-state index contributed by atoms with van der Waals surface area (Å²) in [5, 5.41) is 4.84. The molecule has 1 fully saturated rings. The van der Waals surface area contributed by atoms with Crippen LogP contribution in [0.1, 0.15) is 31.7 Å². The molecular weight excluding hydrogens is 279 g/mol. The van der Waals surface area contributed by atoms with Gasteiger partial charge in [-0.25, -0.2) is 0 Å². The van der Waals surface area contributed by atoms with E-state index >= 15 is 0 Å². The highest BCUT2D eigenvalue weighted by molar-refractivity contribution is 6.42. The fourth-order valence-corrected chi connectivity index (χ4v) is 2.99. The van der Waals surface area contributed by atoms with Crippen molar-refractivity contribution in [3.8, 4) is 0 Å². The van der Waals surface area contributed by atoms with Gasteiger partial charge in [-0.1, -0.05) is 36.2 Å². The molecule has 0 bridgehead atoms. The molecule has 0 saturated carbocycles. The first-order valence-corrected chi connectivity index (χ1v) is 7.84. The van der Waals surface area contributed by atoms with Gasteiger partial charge in [-0.05, 0) is 50.0 Å². The number of hydrogen-bond donors (Lipinski definition) is 1. The van der Waals surface area contributed by atoms with Gasteiger partial charge >= 0.3 is 0 Å². The molecule has 1 atom stereocenters. The molecule has 0 spiro atoms. The maximum Gasteiger partial charge on any atom is 0.0595 e. The largest absolute Gasteiger partial charge is 0.313 e. The van der Waals surface area contributed by atoms with Gasteiger partial charge in [0.15, 0.2) is 0 Å². The fraction of sp³-hybridized carbons (Fsp3) is 0.600. The second-order valence-corrected chi connectivity index (χ2v) is 6.09. The smallest absolute Gasteiger partial charge is 0.0595 e. The van der Waals surface area contributed by atoms with Crippen LogP contribution in [-0.2, 0) is 6.54 Å². The zero-order valence-electron chi connectivity index (χ0n) is 11.5. The van der Waals surface area contributed by atoms with Gasteiger partial charge in [0.25, 0.3) is 0 Å². The summed E-state index contributed by atoms with van der Waals surface area (Å²) in [5.74, 6) is 0. The van der Waals surface area contributed by atoms with Crippen molar-refractivity contribution in [3.63, 3.8) is 0 Å². The summed E-state index contributed by atoms with van der Waals surface area (Å²) in [4.78, 5) is 2.50. The molecule has 0 amide bonds. The van der Waals surface area contributed by atoms with Crippen molar-refractivity contribution in [3.05, 3.63) is 33.8 Å². The SMILES string of the molecule is CCCN(Cc1ccc(Cl)c(Cl)c1)CC1CCCN1. The first kappa shape index (κ1) is 15.1. The summed E-state index contributed by atoms with van der Waals surface area (Å²) >= 11 is 12.0. The molecule has 2 nitrogen and oxygen atoms in total. The van der Waals surface area contributed by atoms with Crippen molar-refractivity contribution < 1.29 is 0 Å². The number of nitrogens with one attached hydrogen (secondary N) is 1. The standard InChI is InChI=1S/C15H22Cl2N2/c1-2-8-19(11-13-4-3-7-18-13)10-12-5-6-14(16)15(17)9-12/h5-6,9,13,18H,2-4,7-8,10-11H2,1H3. The third-order valence-electron chi connectivity index (χ3n) is 3.57. The lowest BCUT2D eigenvalue weighted by Crippen LogP contribution is -2.37. The van der Waals surface area contributed by atoms with Crippen LogP contribution in [0.2, 0.25) is 10.0 Å². The zero-order chi connectivity index (χ0) is 13.7. The van der Waals surface area contributed by atoms with Gasteiger partial charge in [0.05, 0.1) is 10.0 Å². The first-order valence-electron chi connectivity index (χ1n) is 7.08. The van der Waals surface area contributed by atoms with Gasteiger partial charge < -0.3 is 5.32 Å². The summed E-state index contributed by atoms with van der Waals surface area (Å²) in [6.45, 7) is 6.58. The van der Waals surface area contributed by atoms with Crippen molar-refractivity contribution in [2.24, 2.45) is 0 Å². The average molecular weight is 301 g/mol. The Balaban J connectivity index is 1.96. The summed E-state index contributed by atoms with van der Waals surface area (Å²) in [5.41, 5.74) is 1.24. The Kier molecular flexibility index (Phi) is 5.96. The third-order valence-corrected chi connectivity index (χ3v) is 4.31. The molecule has 1 N–H and O–H groups in total. The van der Waals surface area contributed by atoms with Crippen LogP contribution in [0.3, 0.4) is 0 Å². The summed E-state index contributed by atoms with van der Waals surface area (Å²) in [6, 6.07) is 6.58. The van der Waals surface area contributed by atoms with Crippen molar-refractivity contribution in [2.45, 2.75) is 38.8 Å². The van der Waals surface area contributed by atoms with E-state index in [4.69, 9.17) is 23.2 Å². The maximum absolute atomic E-state index is 6.08. The van der Waals surface area contributed by atoms with Crippen molar-refractivity contribution in [1.82, 2.24) is 10.2 Å². The number of hydrogen-bond acceptors (Lipinski definition) is 2. The molecule has 1 aromatic rings. The predicted molar refractivity (Wildman–Crippen MR) is 83.1 cm³/mol. The molecule has 1 aromatic carbocycles. The zero-order valence-corrected chi connectivity index (χ0v) is 13.0. The highest BCUT2D eigenvalue weighted by Crippen LogP contribution is 2.23. The van der Waals surface area contributed by atoms with Crippen LogP contribution in [-0.4, -0.2) is 30.6 Å². The second kappa shape index (κ2) is 7.49. The van der Waals surface area contributed by atoms with Crippen LogP contribution >= 0.6 is 23.2 Å². The summed E-state index contributed by atoms with van der Waals surface area (Å²) in [7, 11) is 0. The van der Waals surface area contributed by atoms with Crippen molar-refractivity contribution in [1.29, 1.82) is 0 Å². The summed E-state index contributed by atoms with van der Waals surface area (Å²) < 4.78 is 0. The number of benzene rings is 1. The number of halogens is 2. The first-order chi connectivity index (χ1) is 9.19. The van der Waals surface area contributed by atoms with Crippen LogP contribution in [0.15, 0.2) is 18.2 Å². The van der Waals surface area contributed by atoms with E-state index in [2.05, 4.69) is 23.2 Å². The molecule has 1 saturated heterocycles. The minimum atomic E-state index is 0.630. The van der Waals surface area contributed by atoms with E-state index in [-0.39, 0.29) is 0 Å². The van der Waals surface area contributed by atoms with Gasteiger partial charge in [-0.3, -0.25) is 4.90 Å².